The van der Waals surface area contributed by atoms with Gasteiger partial charge in [0, 0.05) is 37.9 Å². The van der Waals surface area contributed by atoms with Crippen LogP contribution in [0.25, 0.3) is 10.4 Å². The molecule has 1 aliphatic heterocycles. The molecule has 1 heterocycles. The van der Waals surface area contributed by atoms with Crippen molar-refractivity contribution < 1.29 is 41.6 Å². The molecule has 2 aliphatic rings. The van der Waals surface area contributed by atoms with Crippen molar-refractivity contribution in [2.24, 2.45) is 21.9 Å². The summed E-state index contributed by atoms with van der Waals surface area (Å²) in [6.45, 7) is 8.38. The maximum absolute atomic E-state index is 14.4. The molecule has 2 unspecified atom stereocenters. The predicted octanol–water partition coefficient (Wildman–Crippen LogP) is 9.49. The maximum Gasteiger partial charge on any atom is 0.468 e. The van der Waals surface area contributed by atoms with Crippen molar-refractivity contribution in [2.45, 2.75) is 135 Å². The molecule has 3 rings (SSSR count). The zero-order valence-electron chi connectivity index (χ0n) is 29.5. The Balaban J connectivity index is 1.80. The first-order valence-electron chi connectivity index (χ1n) is 18.3. The van der Waals surface area contributed by atoms with E-state index < -0.39 is 42.8 Å². The van der Waals surface area contributed by atoms with Gasteiger partial charge in [0.25, 0.3) is 5.90 Å². The molecule has 5 atom stereocenters. The van der Waals surface area contributed by atoms with Gasteiger partial charge in [0.1, 0.15) is 24.4 Å². The number of unbranched alkanes of at least 4 members (excludes halogenated alkanes) is 3. The Labute approximate surface area is 290 Å². The number of ether oxygens (including phenoxy) is 6. The standard InChI is InChI=1S/C36H57F3N4O6/c1-4-7-22-45-31-30(26-44-25-20-28-17-15-27(16-18-28)19-21-41-43-40)48-34(33(47-24-9-6-3)32(31)46-23-8-5-2)49-35(36(37,38)39)42-29-13-11-10-12-14-29/h10-14,27-28,30-34H,4-9,15-26H2,1-3H3/b42-35-/t27?,28?,30?,31-,32+,33?,34+/m1/s1. The molecular formula is C36H57F3N4O6. The van der Waals surface area contributed by atoms with Gasteiger partial charge in [0.05, 0.1) is 12.3 Å². The lowest BCUT2D eigenvalue weighted by Crippen LogP contribution is -2.62. The van der Waals surface area contributed by atoms with Crippen LogP contribution in [0, 0.1) is 11.8 Å². The van der Waals surface area contributed by atoms with E-state index in [-0.39, 0.29) is 12.3 Å². The van der Waals surface area contributed by atoms with E-state index in [9.17, 15) is 13.2 Å². The highest BCUT2D eigenvalue weighted by molar-refractivity contribution is 5.84. The van der Waals surface area contributed by atoms with E-state index in [0.29, 0.717) is 51.2 Å². The molecule has 2 fully saturated rings. The molecule has 0 bridgehead atoms. The number of alkyl halides is 3. The number of halogens is 3. The molecule has 1 aromatic carbocycles. The van der Waals surface area contributed by atoms with Crippen LogP contribution in [0.4, 0.5) is 18.9 Å². The van der Waals surface area contributed by atoms with Crippen LogP contribution in [0.15, 0.2) is 40.4 Å². The van der Waals surface area contributed by atoms with E-state index in [1.807, 2.05) is 13.8 Å². The second kappa shape index (κ2) is 23.1. The molecule has 49 heavy (non-hydrogen) atoms. The van der Waals surface area contributed by atoms with E-state index in [1.54, 1.807) is 18.2 Å². The third-order valence-electron chi connectivity index (χ3n) is 9.09. The lowest BCUT2D eigenvalue weighted by molar-refractivity contribution is -0.311. The van der Waals surface area contributed by atoms with Gasteiger partial charge >= 0.3 is 6.18 Å². The number of aliphatic imine (C=N–C) groups is 1. The number of hydrogen-bond acceptors (Lipinski definition) is 8. The van der Waals surface area contributed by atoms with Crippen molar-refractivity contribution in [1.82, 2.24) is 0 Å². The number of benzene rings is 1. The quantitative estimate of drug-likeness (QED) is 0.0297. The first kappa shape index (κ1) is 41.0. The molecule has 0 spiro atoms. The Bertz CT molecular complexity index is 1100. The van der Waals surface area contributed by atoms with Gasteiger partial charge in [0.15, 0.2) is 0 Å². The van der Waals surface area contributed by atoms with E-state index in [4.69, 9.17) is 34.0 Å². The van der Waals surface area contributed by atoms with Crippen LogP contribution in [0.2, 0.25) is 0 Å². The van der Waals surface area contributed by atoms with Crippen LogP contribution in [-0.2, 0) is 28.4 Å². The van der Waals surface area contributed by atoms with Crippen LogP contribution in [-0.4, -0.2) is 82.4 Å². The van der Waals surface area contributed by atoms with Crippen LogP contribution in [0.3, 0.4) is 0 Å². The largest absolute Gasteiger partial charge is 0.468 e. The number of azide groups is 1. The van der Waals surface area contributed by atoms with Crippen LogP contribution < -0.4 is 0 Å². The number of nitrogens with zero attached hydrogens (tertiary/aromatic N) is 4. The molecule has 1 saturated heterocycles. The molecule has 0 amide bonds. The molecule has 0 N–H and O–H groups in total. The third kappa shape index (κ3) is 14.8. The second-order valence-corrected chi connectivity index (χ2v) is 13.0. The van der Waals surface area contributed by atoms with Gasteiger partial charge in [-0.15, -0.1) is 0 Å². The Morgan fingerprint density at radius 2 is 1.39 bits per heavy atom. The molecule has 1 aliphatic carbocycles. The normalized spacial score (nSPS) is 26.3. The molecule has 0 aromatic heterocycles. The SMILES string of the molecule is CCCCOC1[C@H](O/C(=N\c2ccccc2)C(F)(F)F)OC(COCCC2CCC(CCN=[N+]=[N-])CC2)[C@@H](OCCCC)[C@@H]1OCCCC. The molecule has 13 heteroatoms. The van der Waals surface area contributed by atoms with E-state index in [2.05, 4.69) is 21.9 Å². The van der Waals surface area contributed by atoms with Crippen molar-refractivity contribution in [2.75, 3.05) is 39.6 Å². The van der Waals surface area contributed by atoms with Crippen LogP contribution in [0.5, 0.6) is 0 Å². The zero-order valence-corrected chi connectivity index (χ0v) is 29.5. The zero-order chi connectivity index (χ0) is 35.3. The Hall–Kier alpha value is -2.41. The number of para-hydroxylation sites is 1. The topological polar surface area (TPSA) is 117 Å². The minimum atomic E-state index is -4.88. The number of hydrogen-bond donors (Lipinski definition) is 0. The summed E-state index contributed by atoms with van der Waals surface area (Å²) in [5.41, 5.74) is 8.65. The van der Waals surface area contributed by atoms with Crippen molar-refractivity contribution in [3.8, 4) is 0 Å². The second-order valence-electron chi connectivity index (χ2n) is 13.0. The van der Waals surface area contributed by atoms with E-state index in [1.165, 1.54) is 12.1 Å². The minimum absolute atomic E-state index is 0.102. The summed E-state index contributed by atoms with van der Waals surface area (Å²) in [5, 5.41) is 3.67. The Morgan fingerprint density at radius 3 is 1.96 bits per heavy atom. The first-order valence-corrected chi connectivity index (χ1v) is 18.3. The highest BCUT2D eigenvalue weighted by Gasteiger charge is 2.52. The van der Waals surface area contributed by atoms with Crippen molar-refractivity contribution >= 4 is 11.6 Å². The Morgan fingerprint density at radius 1 is 0.816 bits per heavy atom. The maximum atomic E-state index is 14.4. The summed E-state index contributed by atoms with van der Waals surface area (Å²) in [5.74, 6) is -0.304. The van der Waals surface area contributed by atoms with Gasteiger partial charge in [-0.3, -0.25) is 0 Å². The highest BCUT2D eigenvalue weighted by Crippen LogP contribution is 2.34. The van der Waals surface area contributed by atoms with Gasteiger partial charge in [-0.05, 0) is 61.6 Å². The fraction of sp³-hybridized carbons (Fsp3) is 0.806. The van der Waals surface area contributed by atoms with E-state index >= 15 is 0 Å². The van der Waals surface area contributed by atoms with Crippen molar-refractivity contribution in [3.05, 3.63) is 40.8 Å². The van der Waals surface area contributed by atoms with Gasteiger partial charge in [-0.25, -0.2) is 4.99 Å². The molecule has 1 aromatic rings. The summed E-state index contributed by atoms with van der Waals surface area (Å²) < 4.78 is 80.3. The molecular weight excluding hydrogens is 641 g/mol. The third-order valence-corrected chi connectivity index (χ3v) is 9.09. The summed E-state index contributed by atoms with van der Waals surface area (Å²) in [6.07, 6.45) is 1.61. The van der Waals surface area contributed by atoms with Gasteiger partial charge in [-0.2, -0.15) is 13.2 Å². The monoisotopic (exact) mass is 698 g/mol. The lowest BCUT2D eigenvalue weighted by Gasteiger charge is -2.45. The van der Waals surface area contributed by atoms with Crippen molar-refractivity contribution in [1.29, 1.82) is 0 Å². The molecule has 278 valence electrons. The van der Waals surface area contributed by atoms with Gasteiger partial charge < -0.3 is 28.4 Å². The fourth-order valence-corrected chi connectivity index (χ4v) is 6.20. The predicted molar refractivity (Wildman–Crippen MR) is 183 cm³/mol. The van der Waals surface area contributed by atoms with Crippen LogP contribution >= 0.6 is 0 Å². The van der Waals surface area contributed by atoms with Crippen LogP contribution in [0.1, 0.15) is 97.8 Å². The smallest absolute Gasteiger partial charge is 0.441 e. The van der Waals surface area contributed by atoms with Crippen molar-refractivity contribution in [3.63, 3.8) is 0 Å². The lowest BCUT2D eigenvalue weighted by atomic mass is 9.79. The summed E-state index contributed by atoms with van der Waals surface area (Å²) in [6, 6.07) is 7.89. The Kier molecular flexibility index (Phi) is 19.4. The average Bonchev–Trinajstić information content (AvgIpc) is 3.09. The summed E-state index contributed by atoms with van der Waals surface area (Å²) in [7, 11) is 0. The average molecular weight is 699 g/mol. The number of rotatable bonds is 22. The molecule has 1 saturated carbocycles. The van der Waals surface area contributed by atoms with Gasteiger partial charge in [-0.1, -0.05) is 89.0 Å². The molecule has 0 radical (unpaired) electrons. The summed E-state index contributed by atoms with van der Waals surface area (Å²) in [4.78, 5) is 6.67. The fourth-order valence-electron chi connectivity index (χ4n) is 6.20. The molecule has 10 nitrogen and oxygen atoms in total. The van der Waals surface area contributed by atoms with Gasteiger partial charge in [0.2, 0.25) is 6.29 Å². The van der Waals surface area contributed by atoms with E-state index in [0.717, 1.165) is 70.6 Å². The highest BCUT2D eigenvalue weighted by atomic mass is 19.4. The first-order chi connectivity index (χ1) is 23.8. The minimum Gasteiger partial charge on any atom is -0.441 e. The summed E-state index contributed by atoms with van der Waals surface area (Å²) >= 11 is 0.